The van der Waals surface area contributed by atoms with Crippen LogP contribution in [0.5, 0.6) is 0 Å². The van der Waals surface area contributed by atoms with Crippen molar-refractivity contribution >= 4 is 11.8 Å². The fourth-order valence-electron chi connectivity index (χ4n) is 0.220. The number of rotatable bonds is 4. The summed E-state index contributed by atoms with van der Waals surface area (Å²) in [5.41, 5.74) is 0. The summed E-state index contributed by atoms with van der Waals surface area (Å²) in [5, 5.41) is 2.37. The molecule has 0 aromatic carbocycles. The third-order valence-electron chi connectivity index (χ3n) is 0.455. The topological polar surface area (TPSA) is 0 Å². The van der Waals surface area contributed by atoms with Gasteiger partial charge in [-0.3, -0.25) is 0 Å². The normalized spacial score (nSPS) is 9.14. The first-order valence-electron chi connectivity index (χ1n) is 2.15. The van der Waals surface area contributed by atoms with Crippen LogP contribution in [-0.4, -0.2) is 11.5 Å². The van der Waals surface area contributed by atoms with Crippen LogP contribution in [0.25, 0.3) is 0 Å². The Labute approximate surface area is 66.3 Å². The molecule has 0 aliphatic heterocycles. The van der Waals surface area contributed by atoms with Gasteiger partial charge in [0.25, 0.3) is 0 Å². The van der Waals surface area contributed by atoms with Crippen LogP contribution in [0, 0.1) is 0 Å². The molecule has 0 aromatic heterocycles. The van der Waals surface area contributed by atoms with E-state index in [-0.39, 0.29) is 0 Å². The molecule has 3 heteroatoms. The van der Waals surface area contributed by atoms with Crippen LogP contribution >= 0.6 is 11.8 Å². The van der Waals surface area contributed by atoms with Gasteiger partial charge in [-0.1, -0.05) is 0 Å². The second kappa shape index (κ2) is 7.41. The van der Waals surface area contributed by atoms with E-state index in [9.17, 15) is 0 Å². The predicted molar refractivity (Wildman–Crippen MR) is 26.9 cm³/mol. The van der Waals surface area contributed by atoms with Crippen molar-refractivity contribution in [1.29, 1.82) is 0 Å². The van der Waals surface area contributed by atoms with Crippen molar-refractivity contribution < 1.29 is 32.6 Å². The molecule has 0 aromatic rings. The first-order chi connectivity index (χ1) is 3.41. The Kier molecular flexibility index (Phi) is 8.91. The van der Waals surface area contributed by atoms with Gasteiger partial charge < -0.3 is 0 Å². The summed E-state index contributed by atoms with van der Waals surface area (Å²) in [7, 11) is 0. The molecule has 0 heterocycles. The van der Waals surface area contributed by atoms with Gasteiger partial charge in [0, 0.05) is 0 Å². The van der Waals surface area contributed by atoms with Crippen LogP contribution in [0.15, 0.2) is 0 Å². The minimum atomic E-state index is 1.19. The first-order valence-corrected chi connectivity index (χ1v) is 5.11. The Morgan fingerprint density at radius 2 is 1.43 bits per heavy atom. The molecule has 0 atom stereocenters. The third kappa shape index (κ3) is 7.41. The van der Waals surface area contributed by atoms with Crippen LogP contribution in [0.1, 0.15) is 0 Å². The minimum absolute atomic E-state index is 1.19. The van der Waals surface area contributed by atoms with Gasteiger partial charge in [-0.05, 0) is 0 Å². The molecule has 0 N–H and O–H groups in total. The molecule has 0 amide bonds. The van der Waals surface area contributed by atoms with E-state index in [0.717, 1.165) is 0 Å². The molecule has 0 nitrogen and oxygen atoms in total. The van der Waals surface area contributed by atoms with E-state index in [2.05, 4.69) is 32.6 Å². The maximum absolute atomic E-state index is 2.97. The molecule has 0 rings (SSSR count). The van der Waals surface area contributed by atoms with Crippen molar-refractivity contribution in [3.8, 4) is 0 Å². The van der Waals surface area contributed by atoms with Crippen LogP contribution < -0.4 is 0 Å². The zero-order valence-electron chi connectivity index (χ0n) is 4.05. The van der Waals surface area contributed by atoms with Gasteiger partial charge in [0.05, 0.1) is 0 Å². The van der Waals surface area contributed by atoms with Crippen molar-refractivity contribution in [1.82, 2.24) is 0 Å². The second-order valence-corrected chi connectivity index (χ2v) is 3.52. The number of hydrogen-bond acceptors (Lipinski definition) is 1. The Hall–Kier alpha value is 1.41. The molecule has 42 valence electrons. The summed E-state index contributed by atoms with van der Waals surface area (Å²) >= 11 is 7.93. The number of thioether (sulfide) groups is 1. The van der Waals surface area contributed by atoms with Crippen molar-refractivity contribution in [2.45, 2.75) is 10.6 Å². The molecule has 0 saturated heterocycles. The van der Waals surface area contributed by atoms with Crippen molar-refractivity contribution in [2.75, 3.05) is 11.5 Å². The molecule has 0 radical (unpaired) electrons. The summed E-state index contributed by atoms with van der Waals surface area (Å²) < 4.78 is 0. The molecule has 7 heavy (non-hydrogen) atoms. The van der Waals surface area contributed by atoms with Gasteiger partial charge in [0.2, 0.25) is 0 Å². The first kappa shape index (κ1) is 8.41. The average molecular weight is 192 g/mol. The Morgan fingerprint density at radius 3 is 1.71 bits per heavy atom. The van der Waals surface area contributed by atoms with E-state index < -0.39 is 0 Å². The third-order valence-corrected chi connectivity index (χ3v) is 2.93. The van der Waals surface area contributed by atoms with Crippen LogP contribution in [0.3, 0.4) is 0 Å². The summed E-state index contributed by atoms with van der Waals surface area (Å²) in [6.07, 6.45) is 0. The van der Waals surface area contributed by atoms with Gasteiger partial charge in [0.15, 0.2) is 0 Å². The molecule has 0 unspecified atom stereocenters. The van der Waals surface area contributed by atoms with E-state index in [1.807, 2.05) is 11.8 Å². The summed E-state index contributed by atoms with van der Waals surface area (Å²) in [4.78, 5) is 0. The van der Waals surface area contributed by atoms with Crippen LogP contribution in [0.4, 0.5) is 0 Å². The Morgan fingerprint density at radius 1 is 1.00 bits per heavy atom. The van der Waals surface area contributed by atoms with Crippen molar-refractivity contribution in [3.63, 3.8) is 0 Å². The predicted octanol–water partition coefficient (Wildman–Crippen LogP) is 1.65. The monoisotopic (exact) mass is 192 g/mol. The van der Waals surface area contributed by atoms with Gasteiger partial charge in [-0.15, -0.1) is 0 Å². The zero-order chi connectivity index (χ0) is 5.54. The van der Waals surface area contributed by atoms with E-state index >= 15 is 0 Å². The number of hydrogen-bond donors (Lipinski definition) is 0. The summed E-state index contributed by atoms with van der Waals surface area (Å²) in [6, 6.07) is 0. The SMILES string of the molecule is [Cr][CH2]CSC[CH2][Cr]. The molecular weight excluding hydrogens is 184 g/mol. The van der Waals surface area contributed by atoms with Gasteiger partial charge >= 0.3 is 66.4 Å². The maximum atomic E-state index is 2.97. The van der Waals surface area contributed by atoms with Crippen LogP contribution in [0.2, 0.25) is 10.6 Å². The van der Waals surface area contributed by atoms with E-state index in [1.165, 1.54) is 22.1 Å². The molecule has 0 saturated carbocycles. The fourth-order valence-corrected chi connectivity index (χ4v) is 1.76. The summed E-state index contributed by atoms with van der Waals surface area (Å²) in [5.74, 6) is 2.53. The van der Waals surface area contributed by atoms with E-state index in [4.69, 9.17) is 0 Å². The molecule has 0 aliphatic carbocycles. The van der Waals surface area contributed by atoms with Gasteiger partial charge in [-0.2, -0.15) is 0 Å². The van der Waals surface area contributed by atoms with Gasteiger partial charge in [-0.25, -0.2) is 0 Å². The second-order valence-electron chi connectivity index (χ2n) is 1.02. The quantitative estimate of drug-likeness (QED) is 0.610. The fraction of sp³-hybridized carbons (Fsp3) is 1.00. The Bertz CT molecular complexity index is 28.9. The standard InChI is InChI=1S/C4H8S.2Cr/c1-3-5-4-2;;/h1-4H2;;. The van der Waals surface area contributed by atoms with E-state index in [0.29, 0.717) is 0 Å². The molecule has 0 fully saturated rings. The average Bonchev–Trinajstić information content (AvgIpc) is 1.69. The zero-order valence-corrected chi connectivity index (χ0v) is 7.42. The van der Waals surface area contributed by atoms with Crippen molar-refractivity contribution in [2.24, 2.45) is 0 Å². The molecule has 0 bridgehead atoms. The molecule has 0 aliphatic rings. The molecular formula is C4H8Cr2S. The van der Waals surface area contributed by atoms with E-state index in [1.54, 1.807) is 0 Å². The Balaban J connectivity index is 2.45. The van der Waals surface area contributed by atoms with Crippen LogP contribution in [-0.2, 0) is 32.6 Å². The summed E-state index contributed by atoms with van der Waals surface area (Å²) in [6.45, 7) is 0. The molecule has 0 spiro atoms. The van der Waals surface area contributed by atoms with Gasteiger partial charge in [0.1, 0.15) is 0 Å². The van der Waals surface area contributed by atoms with Crippen molar-refractivity contribution in [3.05, 3.63) is 0 Å².